The van der Waals surface area contributed by atoms with Crippen LogP contribution in [0.4, 0.5) is 5.69 Å². The zero-order valence-corrected chi connectivity index (χ0v) is 11.1. The molecule has 0 amide bonds. The molecular weight excluding hydrogens is 240 g/mol. The molecule has 1 heterocycles. The van der Waals surface area contributed by atoms with Crippen LogP contribution in [0.3, 0.4) is 0 Å². The second-order valence-corrected chi connectivity index (χ2v) is 5.25. The van der Waals surface area contributed by atoms with Crippen LogP contribution in [0.15, 0.2) is 23.2 Å². The van der Waals surface area contributed by atoms with Gasteiger partial charge in [0.15, 0.2) is 5.17 Å². The minimum atomic E-state index is 0.771. The van der Waals surface area contributed by atoms with E-state index in [1.807, 2.05) is 36.9 Å². The lowest BCUT2D eigenvalue weighted by Crippen LogP contribution is -2.23. The zero-order chi connectivity index (χ0) is 11.5. The number of thioether (sulfide) groups is 1. The molecule has 0 saturated carbocycles. The van der Waals surface area contributed by atoms with Crippen LogP contribution in [0.1, 0.15) is 12.5 Å². The number of benzene rings is 1. The molecule has 0 bridgehead atoms. The summed E-state index contributed by atoms with van der Waals surface area (Å²) in [6, 6.07) is 5.83. The fourth-order valence-corrected chi connectivity index (χ4v) is 2.96. The van der Waals surface area contributed by atoms with Crippen molar-refractivity contribution in [3.05, 3.63) is 28.8 Å². The number of nitrogens with zero attached hydrogens (tertiary/aromatic N) is 2. The Morgan fingerprint density at radius 1 is 1.50 bits per heavy atom. The summed E-state index contributed by atoms with van der Waals surface area (Å²) in [4.78, 5) is 7.00. The number of rotatable bonds is 2. The molecule has 1 aliphatic heterocycles. The Morgan fingerprint density at radius 3 is 3.00 bits per heavy atom. The van der Waals surface area contributed by atoms with Crippen molar-refractivity contribution in [3.63, 3.8) is 0 Å². The Hall–Kier alpha value is -0.670. The van der Waals surface area contributed by atoms with E-state index < -0.39 is 0 Å². The van der Waals surface area contributed by atoms with Gasteiger partial charge in [0.1, 0.15) is 0 Å². The van der Waals surface area contributed by atoms with Crippen molar-refractivity contribution < 1.29 is 0 Å². The second kappa shape index (κ2) is 5.11. The highest BCUT2D eigenvalue weighted by Gasteiger charge is 2.17. The van der Waals surface area contributed by atoms with Crippen molar-refractivity contribution in [1.82, 2.24) is 4.90 Å². The van der Waals surface area contributed by atoms with E-state index in [1.54, 1.807) is 0 Å². The molecule has 2 nitrogen and oxygen atoms in total. The third-order valence-corrected chi connectivity index (χ3v) is 3.85. The topological polar surface area (TPSA) is 15.6 Å². The molecule has 4 heteroatoms. The monoisotopic (exact) mass is 254 g/mol. The quantitative estimate of drug-likeness (QED) is 0.800. The van der Waals surface area contributed by atoms with E-state index in [4.69, 9.17) is 16.6 Å². The Kier molecular flexibility index (Phi) is 3.77. The molecule has 0 aliphatic carbocycles. The van der Waals surface area contributed by atoms with Gasteiger partial charge in [-0.25, -0.2) is 4.99 Å². The van der Waals surface area contributed by atoms with Crippen LogP contribution in [-0.2, 0) is 0 Å². The molecule has 1 aromatic rings. The van der Waals surface area contributed by atoms with Crippen LogP contribution in [0, 0.1) is 6.92 Å². The molecule has 16 heavy (non-hydrogen) atoms. The molecule has 0 N–H and O–H groups in total. The summed E-state index contributed by atoms with van der Waals surface area (Å²) in [6.45, 7) is 6.34. The molecule has 86 valence electrons. The van der Waals surface area contributed by atoms with Gasteiger partial charge in [-0.3, -0.25) is 0 Å². The van der Waals surface area contributed by atoms with E-state index in [0.29, 0.717) is 0 Å². The average Bonchev–Trinajstić information content (AvgIpc) is 2.69. The van der Waals surface area contributed by atoms with Crippen LogP contribution in [0.25, 0.3) is 0 Å². The van der Waals surface area contributed by atoms with E-state index in [9.17, 15) is 0 Å². The first-order valence-corrected chi connectivity index (χ1v) is 6.79. The maximum atomic E-state index is 5.93. The van der Waals surface area contributed by atoms with Crippen molar-refractivity contribution in [2.75, 3.05) is 18.8 Å². The minimum absolute atomic E-state index is 0.771. The van der Waals surface area contributed by atoms with E-state index in [2.05, 4.69) is 11.8 Å². The molecule has 0 radical (unpaired) electrons. The molecule has 1 aliphatic rings. The SMILES string of the molecule is CCN1CCSC1=Nc1ccc(Cl)cc1C. The van der Waals surface area contributed by atoms with Gasteiger partial charge >= 0.3 is 0 Å². The highest BCUT2D eigenvalue weighted by molar-refractivity contribution is 8.14. The van der Waals surface area contributed by atoms with Crippen LogP contribution in [-0.4, -0.2) is 28.9 Å². The first-order valence-electron chi connectivity index (χ1n) is 5.43. The van der Waals surface area contributed by atoms with Crippen molar-refractivity contribution in [2.24, 2.45) is 4.99 Å². The first kappa shape index (κ1) is 11.8. The first-order chi connectivity index (χ1) is 7.70. The maximum absolute atomic E-state index is 5.93. The van der Waals surface area contributed by atoms with Gasteiger partial charge in [-0.2, -0.15) is 0 Å². The van der Waals surface area contributed by atoms with Crippen molar-refractivity contribution >= 4 is 34.2 Å². The maximum Gasteiger partial charge on any atom is 0.164 e. The van der Waals surface area contributed by atoms with E-state index in [1.165, 1.54) is 0 Å². The van der Waals surface area contributed by atoms with Crippen molar-refractivity contribution in [2.45, 2.75) is 13.8 Å². The van der Waals surface area contributed by atoms with Gasteiger partial charge in [0.05, 0.1) is 5.69 Å². The molecule has 0 unspecified atom stereocenters. The molecule has 0 spiro atoms. The molecular formula is C12H15ClN2S. The number of hydrogen-bond donors (Lipinski definition) is 0. The van der Waals surface area contributed by atoms with Gasteiger partial charge in [0.25, 0.3) is 0 Å². The molecule has 1 aromatic carbocycles. The fourth-order valence-electron chi connectivity index (χ4n) is 1.68. The van der Waals surface area contributed by atoms with Gasteiger partial charge in [0, 0.05) is 23.9 Å². The third-order valence-electron chi connectivity index (χ3n) is 2.62. The predicted octanol–water partition coefficient (Wildman–Crippen LogP) is 3.70. The van der Waals surface area contributed by atoms with Gasteiger partial charge in [-0.1, -0.05) is 23.4 Å². The molecule has 1 saturated heterocycles. The molecule has 1 fully saturated rings. The van der Waals surface area contributed by atoms with Crippen molar-refractivity contribution in [3.8, 4) is 0 Å². The summed E-state index contributed by atoms with van der Waals surface area (Å²) in [7, 11) is 0. The smallest absolute Gasteiger partial charge is 0.164 e. The number of amidine groups is 1. The van der Waals surface area contributed by atoms with Crippen LogP contribution in [0.5, 0.6) is 0 Å². The number of aryl methyl sites for hydroxylation is 1. The summed E-state index contributed by atoms with van der Waals surface area (Å²) in [5.74, 6) is 1.14. The molecule has 2 rings (SSSR count). The summed E-state index contributed by atoms with van der Waals surface area (Å²) >= 11 is 7.75. The number of aliphatic imine (C=N–C) groups is 1. The van der Waals surface area contributed by atoms with Crippen LogP contribution >= 0.6 is 23.4 Å². The van der Waals surface area contributed by atoms with Crippen molar-refractivity contribution in [1.29, 1.82) is 0 Å². The summed E-state index contributed by atoms with van der Waals surface area (Å²) in [5, 5.41) is 1.90. The Labute approximate surface area is 106 Å². The Bertz CT molecular complexity index is 417. The fraction of sp³-hybridized carbons (Fsp3) is 0.417. The predicted molar refractivity (Wildman–Crippen MR) is 73.0 cm³/mol. The Balaban J connectivity index is 2.28. The lowest BCUT2D eigenvalue weighted by molar-refractivity contribution is 0.489. The molecule has 0 atom stereocenters. The standard InChI is InChI=1S/C12H15ClN2S/c1-3-15-6-7-16-12(15)14-11-5-4-10(13)8-9(11)2/h4-5,8H,3,6-7H2,1-2H3. The third kappa shape index (κ3) is 2.53. The van der Waals surface area contributed by atoms with Gasteiger partial charge < -0.3 is 4.90 Å². The van der Waals surface area contributed by atoms with E-state index in [0.717, 1.165) is 40.3 Å². The summed E-state index contributed by atoms with van der Waals surface area (Å²) < 4.78 is 0. The lowest BCUT2D eigenvalue weighted by atomic mass is 10.2. The Morgan fingerprint density at radius 2 is 2.31 bits per heavy atom. The zero-order valence-electron chi connectivity index (χ0n) is 9.53. The van der Waals surface area contributed by atoms with Crippen LogP contribution < -0.4 is 0 Å². The van der Waals surface area contributed by atoms with Gasteiger partial charge in [-0.05, 0) is 37.6 Å². The highest BCUT2D eigenvalue weighted by Crippen LogP contribution is 2.26. The molecule has 0 aromatic heterocycles. The van der Waals surface area contributed by atoms with E-state index >= 15 is 0 Å². The largest absolute Gasteiger partial charge is 0.351 e. The van der Waals surface area contributed by atoms with Gasteiger partial charge in [0.2, 0.25) is 0 Å². The lowest BCUT2D eigenvalue weighted by Gasteiger charge is -2.14. The number of halogens is 1. The average molecular weight is 255 g/mol. The highest BCUT2D eigenvalue weighted by atomic mass is 35.5. The van der Waals surface area contributed by atoms with E-state index in [-0.39, 0.29) is 0 Å². The summed E-state index contributed by atoms with van der Waals surface area (Å²) in [6.07, 6.45) is 0. The number of hydrogen-bond acceptors (Lipinski definition) is 2. The second-order valence-electron chi connectivity index (χ2n) is 3.75. The summed E-state index contributed by atoms with van der Waals surface area (Å²) in [5.41, 5.74) is 2.15. The minimum Gasteiger partial charge on any atom is -0.351 e. The van der Waals surface area contributed by atoms with Crippen LogP contribution in [0.2, 0.25) is 5.02 Å². The normalized spacial score (nSPS) is 18.4. The van der Waals surface area contributed by atoms with Gasteiger partial charge in [-0.15, -0.1) is 0 Å².